The van der Waals surface area contributed by atoms with Gasteiger partial charge in [0.25, 0.3) is 0 Å². The number of thiocarbonyl (C=S) groups is 1. The summed E-state index contributed by atoms with van der Waals surface area (Å²) in [7, 11) is 0. The van der Waals surface area contributed by atoms with Gasteiger partial charge in [0.15, 0.2) is 5.11 Å². The van der Waals surface area contributed by atoms with Crippen LogP contribution in [0.15, 0.2) is 12.7 Å². The fraction of sp³-hybridized carbons (Fsp3) is 0.800. The Balaban J connectivity index is 1.76. The molecule has 0 radical (unpaired) electrons. The molecule has 0 aromatic heterocycles. The summed E-state index contributed by atoms with van der Waals surface area (Å²) in [6.07, 6.45) is 3.07. The van der Waals surface area contributed by atoms with Crippen LogP contribution in [0.2, 0.25) is 0 Å². The zero-order chi connectivity index (χ0) is 14.2. The summed E-state index contributed by atoms with van der Waals surface area (Å²) in [5.41, 5.74) is 0.359. The predicted octanol–water partition coefficient (Wildman–Crippen LogP) is 0.663. The normalized spacial score (nSPS) is 42.0. The highest BCUT2D eigenvalue weighted by Crippen LogP contribution is 2.42. The zero-order valence-corrected chi connectivity index (χ0v) is 13.2. The van der Waals surface area contributed by atoms with E-state index in [-0.39, 0.29) is 0 Å². The standard InChI is InChI=1S/C15H26N4S/c1-3-5-16-14(20)17-13-12-8-18-6-7-19(9-12)11-15(13,4-2)10-18/h3,12-13H,1,4-11H2,2H3,(H2,16,17,20)/t12?,13-,15?/m0/s1. The number of nitrogens with zero attached hydrogens (tertiary/aromatic N) is 2. The zero-order valence-electron chi connectivity index (χ0n) is 12.4. The number of fused-ring (bicyclic) bond motifs is 1. The van der Waals surface area contributed by atoms with Crippen LogP contribution in [-0.4, -0.2) is 66.8 Å². The molecule has 0 aromatic rings. The Bertz CT molecular complexity index is 381. The van der Waals surface area contributed by atoms with Crippen molar-refractivity contribution in [2.24, 2.45) is 11.3 Å². The fourth-order valence-electron chi connectivity index (χ4n) is 4.39. The van der Waals surface area contributed by atoms with Crippen molar-refractivity contribution in [3.63, 3.8) is 0 Å². The summed E-state index contributed by atoms with van der Waals surface area (Å²) in [6, 6.07) is 0.517. The number of piperidine rings is 2. The molecule has 20 heavy (non-hydrogen) atoms. The molecule has 4 bridgehead atoms. The van der Waals surface area contributed by atoms with E-state index in [0.717, 1.165) is 11.7 Å². The summed E-state index contributed by atoms with van der Waals surface area (Å²) in [4.78, 5) is 5.33. The molecule has 4 saturated heterocycles. The van der Waals surface area contributed by atoms with Gasteiger partial charge in [0.2, 0.25) is 0 Å². The van der Waals surface area contributed by atoms with E-state index in [0.29, 0.717) is 17.4 Å². The van der Waals surface area contributed by atoms with E-state index in [1.807, 2.05) is 6.08 Å². The predicted molar refractivity (Wildman–Crippen MR) is 86.8 cm³/mol. The van der Waals surface area contributed by atoms with Gasteiger partial charge in [0.1, 0.15) is 0 Å². The highest BCUT2D eigenvalue weighted by Gasteiger charge is 2.53. The maximum Gasteiger partial charge on any atom is 0.166 e. The molecule has 2 N–H and O–H groups in total. The average molecular weight is 294 g/mol. The van der Waals surface area contributed by atoms with Crippen molar-refractivity contribution in [1.29, 1.82) is 0 Å². The fourth-order valence-corrected chi connectivity index (χ4v) is 4.60. The topological polar surface area (TPSA) is 30.5 Å². The lowest BCUT2D eigenvalue weighted by atomic mass is 9.66. The van der Waals surface area contributed by atoms with Crippen LogP contribution in [0.3, 0.4) is 0 Å². The lowest BCUT2D eigenvalue weighted by molar-refractivity contribution is -0.0271. The maximum absolute atomic E-state index is 5.45. The van der Waals surface area contributed by atoms with Gasteiger partial charge in [-0.15, -0.1) is 6.58 Å². The lowest BCUT2D eigenvalue weighted by Gasteiger charge is -2.55. The molecule has 4 aliphatic rings. The Morgan fingerprint density at radius 3 is 2.55 bits per heavy atom. The smallest absolute Gasteiger partial charge is 0.166 e. The Hall–Kier alpha value is -0.650. The number of rotatable bonds is 4. The van der Waals surface area contributed by atoms with E-state index in [2.05, 4.69) is 33.9 Å². The first-order valence-corrected chi connectivity index (χ1v) is 8.17. The van der Waals surface area contributed by atoms with Crippen molar-refractivity contribution in [1.82, 2.24) is 20.4 Å². The molecule has 0 aliphatic carbocycles. The first-order valence-electron chi connectivity index (χ1n) is 7.77. The second-order valence-electron chi connectivity index (χ2n) is 6.57. The third-order valence-electron chi connectivity index (χ3n) is 5.32. The van der Waals surface area contributed by atoms with E-state index >= 15 is 0 Å². The average Bonchev–Trinajstić information content (AvgIpc) is 2.68. The van der Waals surface area contributed by atoms with Gasteiger partial charge in [0, 0.05) is 63.2 Å². The molecule has 4 nitrogen and oxygen atoms in total. The Labute approximate surface area is 127 Å². The third-order valence-corrected chi connectivity index (χ3v) is 5.59. The van der Waals surface area contributed by atoms with Crippen LogP contribution in [0.1, 0.15) is 13.3 Å². The van der Waals surface area contributed by atoms with Gasteiger partial charge >= 0.3 is 0 Å². The molecule has 2 unspecified atom stereocenters. The van der Waals surface area contributed by atoms with E-state index in [9.17, 15) is 0 Å². The van der Waals surface area contributed by atoms with Gasteiger partial charge in [-0.3, -0.25) is 0 Å². The molecule has 4 aliphatic heterocycles. The molecule has 0 spiro atoms. The summed E-state index contributed by atoms with van der Waals surface area (Å²) >= 11 is 5.45. The van der Waals surface area contributed by atoms with Crippen molar-refractivity contribution in [2.75, 3.05) is 45.8 Å². The van der Waals surface area contributed by atoms with Crippen LogP contribution in [0, 0.1) is 11.3 Å². The van der Waals surface area contributed by atoms with Gasteiger partial charge in [0.05, 0.1) is 0 Å². The second kappa shape index (κ2) is 5.62. The van der Waals surface area contributed by atoms with Gasteiger partial charge < -0.3 is 20.4 Å². The number of nitrogens with one attached hydrogen (secondary N) is 2. The van der Waals surface area contributed by atoms with Crippen molar-refractivity contribution < 1.29 is 0 Å². The van der Waals surface area contributed by atoms with Crippen LogP contribution < -0.4 is 10.6 Å². The molecular formula is C15H26N4S. The summed E-state index contributed by atoms with van der Waals surface area (Å²) < 4.78 is 0. The van der Waals surface area contributed by atoms with Crippen molar-refractivity contribution in [3.8, 4) is 0 Å². The van der Waals surface area contributed by atoms with Crippen molar-refractivity contribution >= 4 is 17.3 Å². The monoisotopic (exact) mass is 294 g/mol. The second-order valence-corrected chi connectivity index (χ2v) is 6.98. The highest BCUT2D eigenvalue weighted by molar-refractivity contribution is 7.80. The van der Waals surface area contributed by atoms with E-state index in [4.69, 9.17) is 12.2 Å². The van der Waals surface area contributed by atoms with Crippen LogP contribution in [-0.2, 0) is 0 Å². The van der Waals surface area contributed by atoms with E-state index < -0.39 is 0 Å². The summed E-state index contributed by atoms with van der Waals surface area (Å²) in [5.74, 6) is 0.698. The molecular weight excluding hydrogens is 268 g/mol. The van der Waals surface area contributed by atoms with Gasteiger partial charge in [-0.05, 0) is 18.6 Å². The van der Waals surface area contributed by atoms with E-state index in [1.165, 1.54) is 45.7 Å². The first-order chi connectivity index (χ1) is 9.66. The van der Waals surface area contributed by atoms with Crippen LogP contribution in [0.4, 0.5) is 0 Å². The summed E-state index contributed by atoms with van der Waals surface area (Å²) in [5, 5.41) is 7.65. The van der Waals surface area contributed by atoms with Gasteiger partial charge in [-0.1, -0.05) is 13.0 Å². The van der Waals surface area contributed by atoms with Crippen LogP contribution in [0.25, 0.3) is 0 Å². The maximum atomic E-state index is 5.45. The van der Waals surface area contributed by atoms with Crippen molar-refractivity contribution in [3.05, 3.63) is 12.7 Å². The van der Waals surface area contributed by atoms with Crippen LogP contribution in [0.5, 0.6) is 0 Å². The highest BCUT2D eigenvalue weighted by atomic mass is 32.1. The molecule has 4 fully saturated rings. The van der Waals surface area contributed by atoms with Crippen molar-refractivity contribution in [2.45, 2.75) is 19.4 Å². The van der Waals surface area contributed by atoms with Gasteiger partial charge in [-0.25, -0.2) is 0 Å². The summed E-state index contributed by atoms with van der Waals surface area (Å²) in [6.45, 7) is 14.2. The molecule has 0 amide bonds. The Kier molecular flexibility index (Phi) is 4.02. The minimum atomic E-state index is 0.359. The molecule has 0 saturated carbocycles. The SMILES string of the molecule is C=CCNC(=S)N[C@H]1C2CN3CCN(C2)CC1(CC)C3. The van der Waals surface area contributed by atoms with Gasteiger partial charge in [-0.2, -0.15) is 0 Å². The molecule has 3 atom stereocenters. The van der Waals surface area contributed by atoms with Crippen LogP contribution >= 0.6 is 12.2 Å². The largest absolute Gasteiger partial charge is 0.359 e. The molecule has 112 valence electrons. The molecule has 4 heterocycles. The third kappa shape index (κ3) is 2.47. The first kappa shape index (κ1) is 14.3. The number of hydrogen-bond acceptors (Lipinski definition) is 3. The minimum Gasteiger partial charge on any atom is -0.359 e. The quantitative estimate of drug-likeness (QED) is 0.588. The number of hydrogen-bond donors (Lipinski definition) is 2. The Morgan fingerprint density at radius 2 is 2.00 bits per heavy atom. The lowest BCUT2D eigenvalue weighted by Crippen LogP contribution is -2.69. The molecule has 0 aromatic carbocycles. The van der Waals surface area contributed by atoms with E-state index in [1.54, 1.807) is 0 Å². The Morgan fingerprint density at radius 1 is 1.35 bits per heavy atom. The minimum absolute atomic E-state index is 0.359. The molecule has 4 rings (SSSR count). The molecule has 5 heteroatoms.